The predicted molar refractivity (Wildman–Crippen MR) is 101 cm³/mol. The average Bonchev–Trinajstić information content (AvgIpc) is 2.72. The van der Waals surface area contributed by atoms with Gasteiger partial charge in [-0.1, -0.05) is 6.07 Å². The lowest BCUT2D eigenvalue weighted by molar-refractivity contribution is -0.0812. The molecular formula is C21H24FNO5. The molecule has 1 heterocycles. The van der Waals surface area contributed by atoms with Crippen molar-refractivity contribution in [1.82, 2.24) is 4.90 Å². The minimum Gasteiger partial charge on any atom is -0.493 e. The Labute approximate surface area is 163 Å². The van der Waals surface area contributed by atoms with Gasteiger partial charge >= 0.3 is 0 Å². The number of ether oxygens (including phenoxy) is 3. The number of methoxy groups -OCH3 is 2. The molecular weight excluding hydrogens is 365 g/mol. The molecule has 0 spiro atoms. The number of aryl methyl sites for hydroxylation is 1. The van der Waals surface area contributed by atoms with E-state index in [0.29, 0.717) is 35.8 Å². The Kier molecular flexibility index (Phi) is 6.16. The van der Waals surface area contributed by atoms with Gasteiger partial charge in [-0.25, -0.2) is 4.39 Å². The zero-order chi connectivity index (χ0) is 20.3. The fourth-order valence-electron chi connectivity index (χ4n) is 3.57. The Hall–Kier alpha value is -2.64. The van der Waals surface area contributed by atoms with Gasteiger partial charge in [0.25, 0.3) is 5.91 Å². The summed E-state index contributed by atoms with van der Waals surface area (Å²) < 4.78 is 29.8. The van der Waals surface area contributed by atoms with Gasteiger partial charge < -0.3 is 24.2 Å². The minimum absolute atomic E-state index is 0.237. The summed E-state index contributed by atoms with van der Waals surface area (Å²) in [6.45, 7) is 2.11. The molecule has 1 aliphatic rings. The van der Waals surface area contributed by atoms with Crippen molar-refractivity contribution in [2.75, 3.05) is 34.0 Å². The number of nitrogens with zero attached hydrogens (tertiary/aromatic N) is 1. The summed E-state index contributed by atoms with van der Waals surface area (Å²) in [6, 6.07) is 8.93. The van der Waals surface area contributed by atoms with Crippen LogP contribution in [0.1, 0.15) is 27.5 Å². The second-order valence-corrected chi connectivity index (χ2v) is 6.61. The van der Waals surface area contributed by atoms with Crippen molar-refractivity contribution in [2.45, 2.75) is 19.1 Å². The molecule has 1 amide bonds. The van der Waals surface area contributed by atoms with E-state index in [9.17, 15) is 14.3 Å². The van der Waals surface area contributed by atoms with E-state index in [0.717, 1.165) is 5.56 Å². The van der Waals surface area contributed by atoms with E-state index in [1.54, 1.807) is 31.1 Å². The summed E-state index contributed by atoms with van der Waals surface area (Å²) in [7, 11) is 3.08. The molecule has 0 aliphatic carbocycles. The molecule has 0 radical (unpaired) electrons. The lowest BCUT2D eigenvalue weighted by Crippen LogP contribution is -2.49. The average molecular weight is 389 g/mol. The van der Waals surface area contributed by atoms with Gasteiger partial charge in [-0.2, -0.15) is 0 Å². The van der Waals surface area contributed by atoms with Crippen LogP contribution in [-0.4, -0.2) is 56.0 Å². The van der Waals surface area contributed by atoms with Crippen LogP contribution in [0.5, 0.6) is 11.5 Å². The highest BCUT2D eigenvalue weighted by molar-refractivity contribution is 5.96. The maximum atomic E-state index is 13.5. The van der Waals surface area contributed by atoms with Crippen LogP contribution in [0.3, 0.4) is 0 Å². The van der Waals surface area contributed by atoms with Gasteiger partial charge in [0.1, 0.15) is 11.9 Å². The molecule has 7 heteroatoms. The molecule has 0 bridgehead atoms. The number of carbonyl (C=O) groups excluding carboxylic acids is 1. The van der Waals surface area contributed by atoms with Crippen molar-refractivity contribution in [3.05, 3.63) is 58.9 Å². The van der Waals surface area contributed by atoms with E-state index < -0.39 is 12.1 Å². The zero-order valence-corrected chi connectivity index (χ0v) is 16.1. The normalized spacial score (nSPS) is 19.4. The lowest BCUT2D eigenvalue weighted by atomic mass is 9.96. The van der Waals surface area contributed by atoms with Crippen LogP contribution in [0, 0.1) is 12.7 Å². The standard InChI is InChI=1S/C21H24FNO5/c1-13-10-15(22)5-6-16(13)21(25)23-8-9-28-19(12-24)20(23)14-4-7-17(26-2)18(11-14)27-3/h4-7,10-11,19-20,24H,8-9,12H2,1-3H3/t19-,20-/m1/s1. The second kappa shape index (κ2) is 8.58. The van der Waals surface area contributed by atoms with Crippen molar-refractivity contribution in [2.24, 2.45) is 0 Å². The first-order valence-corrected chi connectivity index (χ1v) is 9.01. The predicted octanol–water partition coefficient (Wildman–Crippen LogP) is 2.73. The Morgan fingerprint density at radius 3 is 2.61 bits per heavy atom. The van der Waals surface area contributed by atoms with Gasteiger partial charge in [-0.15, -0.1) is 0 Å². The maximum Gasteiger partial charge on any atom is 0.254 e. The van der Waals surface area contributed by atoms with Gasteiger partial charge in [0, 0.05) is 12.1 Å². The van der Waals surface area contributed by atoms with Gasteiger partial charge in [0.2, 0.25) is 0 Å². The Morgan fingerprint density at radius 2 is 1.96 bits per heavy atom. The number of rotatable bonds is 5. The van der Waals surface area contributed by atoms with Crippen LogP contribution < -0.4 is 9.47 Å². The first-order valence-electron chi connectivity index (χ1n) is 9.01. The molecule has 1 aliphatic heterocycles. The van der Waals surface area contributed by atoms with Gasteiger partial charge in [0.05, 0.1) is 33.5 Å². The molecule has 1 fully saturated rings. The number of morpholine rings is 1. The number of aliphatic hydroxyl groups is 1. The van der Waals surface area contributed by atoms with E-state index >= 15 is 0 Å². The van der Waals surface area contributed by atoms with Crippen LogP contribution in [0.15, 0.2) is 36.4 Å². The first-order chi connectivity index (χ1) is 13.5. The lowest BCUT2D eigenvalue weighted by Gasteiger charge is -2.41. The van der Waals surface area contributed by atoms with E-state index in [-0.39, 0.29) is 18.3 Å². The topological polar surface area (TPSA) is 68.2 Å². The molecule has 3 rings (SSSR count). The van der Waals surface area contributed by atoms with E-state index in [1.807, 2.05) is 6.07 Å². The monoisotopic (exact) mass is 389 g/mol. The molecule has 1 N–H and O–H groups in total. The van der Waals surface area contributed by atoms with Crippen LogP contribution in [0.4, 0.5) is 4.39 Å². The number of halogens is 1. The summed E-state index contributed by atoms with van der Waals surface area (Å²) >= 11 is 0. The van der Waals surface area contributed by atoms with Crippen molar-refractivity contribution >= 4 is 5.91 Å². The third kappa shape index (κ3) is 3.81. The highest BCUT2D eigenvalue weighted by Gasteiger charge is 2.37. The summed E-state index contributed by atoms with van der Waals surface area (Å²) in [5.41, 5.74) is 1.73. The van der Waals surface area contributed by atoms with Crippen molar-refractivity contribution in [1.29, 1.82) is 0 Å². The highest BCUT2D eigenvalue weighted by Crippen LogP contribution is 2.36. The van der Waals surface area contributed by atoms with E-state index in [1.165, 1.54) is 25.3 Å². The fourth-order valence-corrected chi connectivity index (χ4v) is 3.57. The number of aliphatic hydroxyl groups excluding tert-OH is 1. The van der Waals surface area contributed by atoms with E-state index in [4.69, 9.17) is 14.2 Å². The SMILES string of the molecule is COc1ccc([C@@H]2[C@@H](CO)OCCN2C(=O)c2ccc(F)cc2C)cc1OC. The van der Waals surface area contributed by atoms with Crippen molar-refractivity contribution < 1.29 is 28.5 Å². The Morgan fingerprint density at radius 1 is 1.21 bits per heavy atom. The van der Waals surface area contributed by atoms with Crippen LogP contribution in [-0.2, 0) is 4.74 Å². The number of carbonyl (C=O) groups is 1. The molecule has 28 heavy (non-hydrogen) atoms. The van der Waals surface area contributed by atoms with Crippen molar-refractivity contribution in [3.8, 4) is 11.5 Å². The largest absolute Gasteiger partial charge is 0.493 e. The minimum atomic E-state index is -0.587. The molecule has 0 unspecified atom stereocenters. The summed E-state index contributed by atoms with van der Waals surface area (Å²) in [5.74, 6) is 0.461. The zero-order valence-electron chi connectivity index (χ0n) is 16.1. The smallest absolute Gasteiger partial charge is 0.254 e. The number of hydrogen-bond donors (Lipinski definition) is 1. The molecule has 6 nitrogen and oxygen atoms in total. The molecule has 2 aromatic carbocycles. The molecule has 2 atom stereocenters. The molecule has 1 saturated heterocycles. The van der Waals surface area contributed by atoms with Gasteiger partial charge in [0.15, 0.2) is 11.5 Å². The molecule has 0 aromatic heterocycles. The van der Waals surface area contributed by atoms with Crippen LogP contribution in [0.2, 0.25) is 0 Å². The van der Waals surface area contributed by atoms with Gasteiger partial charge in [-0.05, 0) is 48.4 Å². The van der Waals surface area contributed by atoms with Crippen LogP contribution in [0.25, 0.3) is 0 Å². The summed E-state index contributed by atoms with van der Waals surface area (Å²) in [6.07, 6.45) is -0.587. The molecule has 150 valence electrons. The van der Waals surface area contributed by atoms with Crippen LogP contribution >= 0.6 is 0 Å². The second-order valence-electron chi connectivity index (χ2n) is 6.61. The quantitative estimate of drug-likeness (QED) is 0.852. The maximum absolute atomic E-state index is 13.5. The van der Waals surface area contributed by atoms with E-state index in [2.05, 4.69) is 0 Å². The molecule has 0 saturated carbocycles. The first kappa shape index (κ1) is 20.1. The molecule has 2 aromatic rings. The third-order valence-electron chi connectivity index (χ3n) is 4.96. The van der Waals surface area contributed by atoms with Gasteiger partial charge in [-0.3, -0.25) is 4.79 Å². The third-order valence-corrected chi connectivity index (χ3v) is 4.96. The summed E-state index contributed by atoms with van der Waals surface area (Å²) in [4.78, 5) is 14.9. The Balaban J connectivity index is 2.02. The number of amides is 1. The highest BCUT2D eigenvalue weighted by atomic mass is 19.1. The number of benzene rings is 2. The van der Waals surface area contributed by atoms with Crippen molar-refractivity contribution in [3.63, 3.8) is 0 Å². The summed E-state index contributed by atoms with van der Waals surface area (Å²) in [5, 5.41) is 9.84. The number of hydrogen-bond acceptors (Lipinski definition) is 5. The Bertz CT molecular complexity index is 857. The fraction of sp³-hybridized carbons (Fsp3) is 0.381.